The van der Waals surface area contributed by atoms with Gasteiger partial charge in [0, 0.05) is 13.2 Å². The third-order valence-electron chi connectivity index (χ3n) is 3.57. The van der Waals surface area contributed by atoms with Gasteiger partial charge in [-0.1, -0.05) is 32.1 Å². The van der Waals surface area contributed by atoms with Crippen molar-refractivity contribution in [1.29, 1.82) is 0 Å². The summed E-state index contributed by atoms with van der Waals surface area (Å²) in [7, 11) is 0. The maximum Gasteiger partial charge on any atom is 0.240 e. The average molecular weight is 242 g/mol. The van der Waals surface area contributed by atoms with E-state index in [4.69, 9.17) is 10.8 Å². The first-order valence-corrected chi connectivity index (χ1v) is 6.87. The molecule has 17 heavy (non-hydrogen) atoms. The molecular weight excluding hydrogens is 216 g/mol. The summed E-state index contributed by atoms with van der Waals surface area (Å²) >= 11 is 0. The predicted molar refractivity (Wildman–Crippen MR) is 68.6 cm³/mol. The van der Waals surface area contributed by atoms with Crippen LogP contribution in [-0.4, -0.2) is 29.7 Å². The molecule has 1 aliphatic carbocycles. The van der Waals surface area contributed by atoms with E-state index in [1.165, 1.54) is 6.42 Å². The van der Waals surface area contributed by atoms with Crippen LogP contribution in [0.2, 0.25) is 0 Å². The Balaban J connectivity index is 2.11. The molecule has 4 nitrogen and oxygen atoms in total. The normalized spacial score (nSPS) is 18.9. The van der Waals surface area contributed by atoms with Gasteiger partial charge in [-0.3, -0.25) is 4.79 Å². The van der Waals surface area contributed by atoms with E-state index < -0.39 is 5.54 Å². The smallest absolute Gasteiger partial charge is 0.240 e. The second-order valence-electron chi connectivity index (χ2n) is 5.11. The number of hydrogen-bond acceptors (Lipinski definition) is 3. The minimum atomic E-state index is -0.608. The lowest BCUT2D eigenvalue weighted by Crippen LogP contribution is -2.55. The summed E-state index contributed by atoms with van der Waals surface area (Å²) in [4.78, 5) is 11.9. The van der Waals surface area contributed by atoms with Crippen LogP contribution < -0.4 is 11.1 Å². The van der Waals surface area contributed by atoms with Gasteiger partial charge >= 0.3 is 0 Å². The molecule has 0 bridgehead atoms. The van der Waals surface area contributed by atoms with Crippen LogP contribution in [0.25, 0.3) is 0 Å². The van der Waals surface area contributed by atoms with Gasteiger partial charge in [-0.15, -0.1) is 0 Å². The van der Waals surface area contributed by atoms with E-state index in [1.807, 2.05) is 0 Å². The minimum Gasteiger partial charge on any atom is -0.396 e. The van der Waals surface area contributed by atoms with Gasteiger partial charge in [0.05, 0.1) is 5.54 Å². The molecule has 0 aromatic rings. The standard InChI is InChI=1S/C13H26N2O2/c14-13(8-4-3-5-9-13)12(17)15-10-6-1-2-7-11-16/h16H,1-11,14H2,(H,15,17). The first kappa shape index (κ1) is 14.5. The highest BCUT2D eigenvalue weighted by atomic mass is 16.2. The third kappa shape index (κ3) is 5.04. The van der Waals surface area contributed by atoms with E-state index in [0.29, 0.717) is 6.54 Å². The van der Waals surface area contributed by atoms with Crippen LogP contribution in [0.3, 0.4) is 0 Å². The fourth-order valence-electron chi connectivity index (χ4n) is 2.38. The lowest BCUT2D eigenvalue weighted by Gasteiger charge is -2.31. The van der Waals surface area contributed by atoms with E-state index >= 15 is 0 Å². The van der Waals surface area contributed by atoms with Crippen molar-refractivity contribution in [3.05, 3.63) is 0 Å². The van der Waals surface area contributed by atoms with Gasteiger partial charge < -0.3 is 16.2 Å². The third-order valence-corrected chi connectivity index (χ3v) is 3.57. The highest BCUT2D eigenvalue weighted by molar-refractivity contribution is 5.86. The molecule has 0 unspecified atom stereocenters. The van der Waals surface area contributed by atoms with Crippen molar-refractivity contribution in [3.8, 4) is 0 Å². The van der Waals surface area contributed by atoms with E-state index in [2.05, 4.69) is 5.32 Å². The topological polar surface area (TPSA) is 75.4 Å². The van der Waals surface area contributed by atoms with Crippen LogP contribution in [0.5, 0.6) is 0 Å². The van der Waals surface area contributed by atoms with Crippen molar-refractivity contribution in [2.75, 3.05) is 13.2 Å². The lowest BCUT2D eigenvalue weighted by molar-refractivity contribution is -0.127. The van der Waals surface area contributed by atoms with Crippen molar-refractivity contribution in [2.45, 2.75) is 63.3 Å². The van der Waals surface area contributed by atoms with Crippen LogP contribution in [0.4, 0.5) is 0 Å². The Labute approximate surface area is 104 Å². The van der Waals surface area contributed by atoms with Crippen LogP contribution in [0.1, 0.15) is 57.8 Å². The molecule has 1 saturated carbocycles. The number of hydrogen-bond donors (Lipinski definition) is 3. The van der Waals surface area contributed by atoms with Gasteiger partial charge in [0.1, 0.15) is 0 Å². The second-order valence-corrected chi connectivity index (χ2v) is 5.11. The van der Waals surface area contributed by atoms with Crippen LogP contribution >= 0.6 is 0 Å². The number of nitrogens with one attached hydrogen (secondary N) is 1. The molecule has 0 heterocycles. The van der Waals surface area contributed by atoms with E-state index in [1.54, 1.807) is 0 Å². The summed E-state index contributed by atoms with van der Waals surface area (Å²) in [5, 5.41) is 11.6. The summed E-state index contributed by atoms with van der Waals surface area (Å²) in [5.74, 6) is 0.0272. The zero-order valence-corrected chi connectivity index (χ0v) is 10.7. The van der Waals surface area contributed by atoms with Crippen molar-refractivity contribution in [1.82, 2.24) is 5.32 Å². The summed E-state index contributed by atoms with van der Waals surface area (Å²) in [6.45, 7) is 0.974. The number of carbonyl (C=O) groups is 1. The fraction of sp³-hybridized carbons (Fsp3) is 0.923. The number of nitrogens with two attached hydrogens (primary N) is 1. The van der Waals surface area contributed by atoms with Crippen molar-refractivity contribution in [2.24, 2.45) is 5.73 Å². The molecule has 1 fully saturated rings. The SMILES string of the molecule is NC1(C(=O)NCCCCCCO)CCCCC1. The highest BCUT2D eigenvalue weighted by Gasteiger charge is 2.34. The Kier molecular flexibility index (Phi) is 6.52. The van der Waals surface area contributed by atoms with Crippen LogP contribution in [-0.2, 0) is 4.79 Å². The molecule has 4 N–H and O–H groups in total. The molecule has 1 amide bonds. The molecule has 0 aromatic heterocycles. The van der Waals surface area contributed by atoms with E-state index in [-0.39, 0.29) is 12.5 Å². The summed E-state index contributed by atoms with van der Waals surface area (Å²) < 4.78 is 0. The number of rotatable bonds is 7. The lowest BCUT2D eigenvalue weighted by atomic mass is 9.82. The van der Waals surface area contributed by atoms with Crippen molar-refractivity contribution >= 4 is 5.91 Å². The van der Waals surface area contributed by atoms with Gasteiger partial charge in [0.25, 0.3) is 0 Å². The Hall–Kier alpha value is -0.610. The van der Waals surface area contributed by atoms with Gasteiger partial charge in [0.15, 0.2) is 0 Å². The van der Waals surface area contributed by atoms with Crippen molar-refractivity contribution in [3.63, 3.8) is 0 Å². The van der Waals surface area contributed by atoms with Crippen molar-refractivity contribution < 1.29 is 9.90 Å². The summed E-state index contributed by atoms with van der Waals surface area (Å²) in [6.07, 6.45) is 8.90. The number of aliphatic hydroxyl groups excluding tert-OH is 1. The minimum absolute atomic E-state index is 0.0272. The van der Waals surface area contributed by atoms with E-state index in [9.17, 15) is 4.79 Å². The van der Waals surface area contributed by atoms with Gasteiger partial charge in [-0.05, 0) is 25.7 Å². The molecule has 4 heteroatoms. The van der Waals surface area contributed by atoms with Crippen LogP contribution in [0, 0.1) is 0 Å². The molecular formula is C13H26N2O2. The molecule has 0 atom stereocenters. The van der Waals surface area contributed by atoms with E-state index in [0.717, 1.165) is 51.4 Å². The number of amides is 1. The first-order valence-electron chi connectivity index (χ1n) is 6.87. The summed E-state index contributed by atoms with van der Waals surface area (Å²) in [5.41, 5.74) is 5.51. The molecule has 0 radical (unpaired) electrons. The molecule has 0 aromatic carbocycles. The molecule has 100 valence electrons. The highest BCUT2D eigenvalue weighted by Crippen LogP contribution is 2.25. The van der Waals surface area contributed by atoms with Gasteiger partial charge in [-0.2, -0.15) is 0 Å². The Morgan fingerprint density at radius 2 is 1.76 bits per heavy atom. The zero-order chi connectivity index (χ0) is 12.6. The monoisotopic (exact) mass is 242 g/mol. The van der Waals surface area contributed by atoms with Gasteiger partial charge in [0.2, 0.25) is 5.91 Å². The van der Waals surface area contributed by atoms with Crippen LogP contribution in [0.15, 0.2) is 0 Å². The molecule has 0 saturated heterocycles. The molecule has 1 aliphatic rings. The Morgan fingerprint density at radius 1 is 1.12 bits per heavy atom. The fourth-order valence-corrected chi connectivity index (χ4v) is 2.38. The Morgan fingerprint density at radius 3 is 2.41 bits per heavy atom. The predicted octanol–water partition coefficient (Wildman–Crippen LogP) is 1.32. The number of aliphatic hydroxyl groups is 1. The molecule has 0 aliphatic heterocycles. The second kappa shape index (κ2) is 7.67. The zero-order valence-electron chi connectivity index (χ0n) is 10.7. The summed E-state index contributed by atoms with van der Waals surface area (Å²) in [6, 6.07) is 0. The molecule has 1 rings (SSSR count). The number of carbonyl (C=O) groups excluding carboxylic acids is 1. The molecule has 0 spiro atoms. The largest absolute Gasteiger partial charge is 0.396 e. The first-order chi connectivity index (χ1) is 8.19. The average Bonchev–Trinajstić information content (AvgIpc) is 2.34. The van der Waals surface area contributed by atoms with Gasteiger partial charge in [-0.25, -0.2) is 0 Å². The number of unbranched alkanes of at least 4 members (excludes halogenated alkanes) is 3. The maximum atomic E-state index is 11.9. The maximum absolute atomic E-state index is 11.9. The quantitative estimate of drug-likeness (QED) is 0.589. The Bertz CT molecular complexity index is 225.